The first kappa shape index (κ1) is 13.9. The maximum atomic E-state index is 6.13. The van der Waals surface area contributed by atoms with Crippen molar-refractivity contribution in [2.45, 2.75) is 45.8 Å². The number of hydrogen-bond acceptors (Lipinski definition) is 3. The molecule has 0 amide bonds. The molecule has 3 heteroatoms. The van der Waals surface area contributed by atoms with Crippen LogP contribution < -0.4 is 10.1 Å². The Kier molecular flexibility index (Phi) is 4.27. The quantitative estimate of drug-likeness (QED) is 0.913. The molecule has 0 unspecified atom stereocenters. The minimum Gasteiger partial charge on any atom is -0.493 e. The van der Waals surface area contributed by atoms with Gasteiger partial charge in [0.05, 0.1) is 6.61 Å². The first-order valence-electron chi connectivity index (χ1n) is 7.92. The average molecular weight is 274 g/mol. The van der Waals surface area contributed by atoms with Crippen LogP contribution in [0.4, 0.5) is 0 Å². The molecule has 110 valence electrons. The standard InChI is InChI=1S/C17H26N2O/c1-13(2)19-8-6-14(7-9-19)12-20-17-5-3-4-15-10-18-11-16(15)17/h3-5,13-14,18H,6-12H2,1-2H3. The molecular formula is C17H26N2O. The number of ether oxygens (including phenoxy) is 1. The molecule has 3 rings (SSSR count). The predicted octanol–water partition coefficient (Wildman–Crippen LogP) is 2.79. The molecule has 0 aromatic heterocycles. The molecule has 0 atom stereocenters. The lowest BCUT2D eigenvalue weighted by Crippen LogP contribution is -2.39. The molecule has 0 saturated carbocycles. The van der Waals surface area contributed by atoms with Crippen LogP contribution in [0.3, 0.4) is 0 Å². The van der Waals surface area contributed by atoms with Crippen LogP contribution in [0.1, 0.15) is 37.8 Å². The van der Waals surface area contributed by atoms with Crippen molar-refractivity contribution in [1.82, 2.24) is 10.2 Å². The first-order chi connectivity index (χ1) is 9.74. The molecule has 1 fully saturated rings. The summed E-state index contributed by atoms with van der Waals surface area (Å²) in [6, 6.07) is 7.11. The third-order valence-electron chi connectivity index (χ3n) is 4.70. The number of nitrogens with one attached hydrogen (secondary N) is 1. The normalized spacial score (nSPS) is 20.4. The molecule has 2 aliphatic heterocycles. The van der Waals surface area contributed by atoms with Gasteiger partial charge in [-0.2, -0.15) is 0 Å². The summed E-state index contributed by atoms with van der Waals surface area (Å²) >= 11 is 0. The van der Waals surface area contributed by atoms with Crippen LogP contribution in [-0.4, -0.2) is 30.6 Å². The molecule has 0 radical (unpaired) electrons. The van der Waals surface area contributed by atoms with Crippen LogP contribution in [0.2, 0.25) is 0 Å². The van der Waals surface area contributed by atoms with Crippen LogP contribution in [0.15, 0.2) is 18.2 Å². The van der Waals surface area contributed by atoms with Gasteiger partial charge in [0.25, 0.3) is 0 Å². The molecule has 20 heavy (non-hydrogen) atoms. The summed E-state index contributed by atoms with van der Waals surface area (Å²) < 4.78 is 6.13. The third kappa shape index (κ3) is 2.99. The highest BCUT2D eigenvalue weighted by Crippen LogP contribution is 2.27. The van der Waals surface area contributed by atoms with E-state index in [-0.39, 0.29) is 0 Å². The van der Waals surface area contributed by atoms with E-state index >= 15 is 0 Å². The molecule has 1 aromatic carbocycles. The van der Waals surface area contributed by atoms with Crippen molar-refractivity contribution in [1.29, 1.82) is 0 Å². The van der Waals surface area contributed by atoms with E-state index in [0.717, 1.165) is 31.4 Å². The number of fused-ring (bicyclic) bond motifs is 1. The maximum absolute atomic E-state index is 6.13. The van der Waals surface area contributed by atoms with Gasteiger partial charge in [-0.15, -0.1) is 0 Å². The second-order valence-corrected chi connectivity index (χ2v) is 6.38. The Morgan fingerprint density at radius 2 is 2.05 bits per heavy atom. The van der Waals surface area contributed by atoms with E-state index in [2.05, 4.69) is 42.3 Å². The van der Waals surface area contributed by atoms with Crippen molar-refractivity contribution in [3.63, 3.8) is 0 Å². The molecule has 0 bridgehead atoms. The van der Waals surface area contributed by atoms with Crippen LogP contribution >= 0.6 is 0 Å². The summed E-state index contributed by atoms with van der Waals surface area (Å²) in [7, 11) is 0. The van der Waals surface area contributed by atoms with E-state index in [9.17, 15) is 0 Å². The Bertz CT molecular complexity index is 450. The van der Waals surface area contributed by atoms with Gasteiger partial charge in [-0.3, -0.25) is 0 Å². The minimum absolute atomic E-state index is 0.681. The predicted molar refractivity (Wildman–Crippen MR) is 81.9 cm³/mol. The van der Waals surface area contributed by atoms with E-state index in [4.69, 9.17) is 4.74 Å². The molecule has 1 aromatic rings. The molecule has 0 spiro atoms. The molecule has 3 nitrogen and oxygen atoms in total. The number of rotatable bonds is 4. The first-order valence-corrected chi connectivity index (χ1v) is 7.92. The van der Waals surface area contributed by atoms with E-state index in [0.29, 0.717) is 6.04 Å². The monoisotopic (exact) mass is 274 g/mol. The van der Waals surface area contributed by atoms with Gasteiger partial charge < -0.3 is 15.0 Å². The smallest absolute Gasteiger partial charge is 0.124 e. The molecule has 2 aliphatic rings. The Morgan fingerprint density at radius 1 is 1.25 bits per heavy atom. The van der Waals surface area contributed by atoms with Gasteiger partial charge in [0.2, 0.25) is 0 Å². The zero-order valence-corrected chi connectivity index (χ0v) is 12.7. The van der Waals surface area contributed by atoms with Crippen LogP contribution in [0, 0.1) is 5.92 Å². The zero-order valence-electron chi connectivity index (χ0n) is 12.7. The Balaban J connectivity index is 1.52. The van der Waals surface area contributed by atoms with E-state index < -0.39 is 0 Å². The van der Waals surface area contributed by atoms with Gasteiger partial charge in [0, 0.05) is 24.7 Å². The average Bonchev–Trinajstić information content (AvgIpc) is 2.94. The second kappa shape index (κ2) is 6.15. The highest BCUT2D eigenvalue weighted by Gasteiger charge is 2.22. The molecule has 1 saturated heterocycles. The molecule has 0 aliphatic carbocycles. The van der Waals surface area contributed by atoms with Crippen LogP contribution in [0.5, 0.6) is 5.75 Å². The van der Waals surface area contributed by atoms with Gasteiger partial charge in [-0.05, 0) is 57.3 Å². The highest BCUT2D eigenvalue weighted by molar-refractivity contribution is 5.42. The number of piperidine rings is 1. The molecular weight excluding hydrogens is 248 g/mol. The van der Waals surface area contributed by atoms with Crippen molar-refractivity contribution in [3.8, 4) is 5.75 Å². The van der Waals surface area contributed by atoms with Crippen LogP contribution in [-0.2, 0) is 13.1 Å². The second-order valence-electron chi connectivity index (χ2n) is 6.38. The zero-order chi connectivity index (χ0) is 13.9. The highest BCUT2D eigenvalue weighted by atomic mass is 16.5. The van der Waals surface area contributed by atoms with Crippen LogP contribution in [0.25, 0.3) is 0 Å². The minimum atomic E-state index is 0.681. The Morgan fingerprint density at radius 3 is 2.80 bits per heavy atom. The van der Waals surface area contributed by atoms with Gasteiger partial charge in [0.1, 0.15) is 5.75 Å². The molecule has 1 N–H and O–H groups in total. The Labute approximate surface area is 122 Å². The van der Waals surface area contributed by atoms with Crippen molar-refractivity contribution in [2.24, 2.45) is 5.92 Å². The maximum Gasteiger partial charge on any atom is 0.124 e. The van der Waals surface area contributed by atoms with Crippen molar-refractivity contribution in [2.75, 3.05) is 19.7 Å². The molecule has 2 heterocycles. The summed E-state index contributed by atoms with van der Waals surface area (Å²) in [5, 5.41) is 3.40. The fraction of sp³-hybridized carbons (Fsp3) is 0.647. The van der Waals surface area contributed by atoms with Gasteiger partial charge >= 0.3 is 0 Å². The van der Waals surface area contributed by atoms with E-state index in [1.54, 1.807) is 0 Å². The lowest BCUT2D eigenvalue weighted by Gasteiger charge is -2.34. The third-order valence-corrected chi connectivity index (χ3v) is 4.70. The lowest BCUT2D eigenvalue weighted by atomic mass is 9.97. The van der Waals surface area contributed by atoms with E-state index in [1.165, 1.54) is 37.1 Å². The number of nitrogens with zero attached hydrogens (tertiary/aromatic N) is 1. The van der Waals surface area contributed by atoms with Crippen molar-refractivity contribution < 1.29 is 4.74 Å². The topological polar surface area (TPSA) is 24.5 Å². The summed E-state index contributed by atoms with van der Waals surface area (Å²) in [6.07, 6.45) is 2.54. The SMILES string of the molecule is CC(C)N1CCC(COc2cccc3c2CNC3)CC1. The van der Waals surface area contributed by atoms with Crippen molar-refractivity contribution in [3.05, 3.63) is 29.3 Å². The summed E-state index contributed by atoms with van der Waals surface area (Å²) in [5.41, 5.74) is 2.77. The summed E-state index contributed by atoms with van der Waals surface area (Å²) in [4.78, 5) is 2.57. The Hall–Kier alpha value is -1.06. The number of hydrogen-bond donors (Lipinski definition) is 1. The van der Waals surface area contributed by atoms with Gasteiger partial charge in [-0.1, -0.05) is 12.1 Å². The fourth-order valence-electron chi connectivity index (χ4n) is 3.28. The fourth-order valence-corrected chi connectivity index (χ4v) is 3.28. The lowest BCUT2D eigenvalue weighted by molar-refractivity contribution is 0.119. The number of benzene rings is 1. The number of likely N-dealkylation sites (tertiary alicyclic amines) is 1. The summed E-state index contributed by atoms with van der Waals surface area (Å²) in [5.74, 6) is 1.81. The van der Waals surface area contributed by atoms with Gasteiger partial charge in [-0.25, -0.2) is 0 Å². The van der Waals surface area contributed by atoms with Crippen molar-refractivity contribution >= 4 is 0 Å². The summed E-state index contributed by atoms with van der Waals surface area (Å²) in [6.45, 7) is 9.84. The van der Waals surface area contributed by atoms with Gasteiger partial charge in [0.15, 0.2) is 0 Å². The van der Waals surface area contributed by atoms with E-state index in [1.807, 2.05) is 0 Å². The largest absolute Gasteiger partial charge is 0.493 e.